The zero-order valence-corrected chi connectivity index (χ0v) is 13.9. The molecule has 0 aliphatic heterocycles. The fourth-order valence-electron chi connectivity index (χ4n) is 1.42. The molecule has 0 bridgehead atoms. The van der Waals surface area contributed by atoms with E-state index in [2.05, 4.69) is 31.2 Å². The molecule has 18 heavy (non-hydrogen) atoms. The summed E-state index contributed by atoms with van der Waals surface area (Å²) in [5.41, 5.74) is 0. The molecule has 4 nitrogen and oxygen atoms in total. The van der Waals surface area contributed by atoms with Gasteiger partial charge in [-0.3, -0.25) is 4.18 Å². The second kappa shape index (κ2) is 12.3. The molecule has 6 heteroatoms. The molecule has 112 valence electrons. The van der Waals surface area contributed by atoms with E-state index in [0.29, 0.717) is 10.9 Å². The highest BCUT2D eigenvalue weighted by molar-refractivity contribution is 7.96. The lowest BCUT2D eigenvalue weighted by Gasteiger charge is -2.12. The maximum Gasteiger partial charge on any atom is 0.217 e. The van der Waals surface area contributed by atoms with Gasteiger partial charge in [-0.15, -0.1) is 0 Å². The summed E-state index contributed by atoms with van der Waals surface area (Å²) in [7, 11) is -2.91. The van der Waals surface area contributed by atoms with Crippen LogP contribution in [0.2, 0.25) is 0 Å². The smallest absolute Gasteiger partial charge is 0.217 e. The quantitative estimate of drug-likeness (QED) is 0.392. The Bertz CT molecular complexity index is 265. The monoisotopic (exact) mass is 300 g/mol. The normalized spacial score (nSPS) is 14.6. The molecule has 0 aliphatic carbocycles. The van der Waals surface area contributed by atoms with Crippen molar-refractivity contribution in [2.45, 2.75) is 46.5 Å². The Morgan fingerprint density at radius 2 is 1.78 bits per heavy atom. The first kappa shape index (κ1) is 20.5. The van der Waals surface area contributed by atoms with Crippen molar-refractivity contribution in [1.82, 2.24) is 0 Å². The van der Waals surface area contributed by atoms with Gasteiger partial charge in [-0.05, 0) is 30.7 Å². The topological polar surface area (TPSA) is 66.4 Å². The van der Waals surface area contributed by atoms with E-state index in [1.165, 1.54) is 37.2 Å². The Morgan fingerprint density at radius 3 is 2.06 bits per heavy atom. The molecule has 2 unspecified atom stereocenters. The first-order chi connectivity index (χ1) is 8.30. The molecule has 0 saturated heterocycles. The fourth-order valence-corrected chi connectivity index (χ4v) is 2.86. The maximum atomic E-state index is 9.22. The first-order valence-corrected chi connectivity index (χ1v) is 9.71. The largest absolute Gasteiger partial charge is 0.726 e. The second-order valence-electron chi connectivity index (χ2n) is 4.23. The molecular formula is C12H28O4S2. The number of unbranched alkanes of at least 4 members (excludes halogenated alkanes) is 1. The van der Waals surface area contributed by atoms with Crippen LogP contribution in [0.3, 0.4) is 0 Å². The highest BCUT2D eigenvalue weighted by atomic mass is 32.3. The summed E-state index contributed by atoms with van der Waals surface area (Å²) in [6.45, 7) is 6.95. The van der Waals surface area contributed by atoms with E-state index in [1.54, 1.807) is 0 Å². The van der Waals surface area contributed by atoms with Gasteiger partial charge in [-0.2, -0.15) is 0 Å². The van der Waals surface area contributed by atoms with E-state index < -0.39 is 10.4 Å². The van der Waals surface area contributed by atoms with Gasteiger partial charge in [0.25, 0.3) is 0 Å². The van der Waals surface area contributed by atoms with Gasteiger partial charge in [0.1, 0.15) is 11.5 Å². The van der Waals surface area contributed by atoms with Gasteiger partial charge in [0.15, 0.2) is 0 Å². The van der Waals surface area contributed by atoms with Crippen LogP contribution in [0.1, 0.15) is 46.5 Å². The lowest BCUT2D eigenvalue weighted by atomic mass is 10.0. The predicted octanol–water partition coefficient (Wildman–Crippen LogP) is 2.56. The minimum Gasteiger partial charge on any atom is -0.726 e. The number of hydrogen-bond donors (Lipinski definition) is 0. The van der Waals surface area contributed by atoms with Gasteiger partial charge < -0.3 is 4.55 Å². The van der Waals surface area contributed by atoms with E-state index in [9.17, 15) is 13.0 Å². The van der Waals surface area contributed by atoms with Gasteiger partial charge in [0.05, 0.1) is 13.4 Å². The molecule has 0 amide bonds. The van der Waals surface area contributed by atoms with Crippen molar-refractivity contribution in [3.05, 3.63) is 0 Å². The molecule has 0 radical (unpaired) electrons. The van der Waals surface area contributed by atoms with Gasteiger partial charge in [0, 0.05) is 5.92 Å². The van der Waals surface area contributed by atoms with Crippen LogP contribution >= 0.6 is 0 Å². The Kier molecular flexibility index (Phi) is 14.0. The van der Waals surface area contributed by atoms with Gasteiger partial charge in [-0.1, -0.05) is 26.7 Å². The van der Waals surface area contributed by atoms with Crippen molar-refractivity contribution < 1.29 is 17.2 Å². The molecule has 0 saturated carbocycles. The van der Waals surface area contributed by atoms with Crippen LogP contribution < -0.4 is 0 Å². The Balaban J connectivity index is 0. The van der Waals surface area contributed by atoms with Crippen molar-refractivity contribution in [1.29, 1.82) is 0 Å². The van der Waals surface area contributed by atoms with Crippen LogP contribution in [0.15, 0.2) is 0 Å². The summed E-state index contributed by atoms with van der Waals surface area (Å²) in [4.78, 5) is 0. The third-order valence-electron chi connectivity index (χ3n) is 2.76. The van der Waals surface area contributed by atoms with Gasteiger partial charge in [-0.25, -0.2) is 8.42 Å². The third kappa shape index (κ3) is 16.2. The molecule has 0 N–H and O–H groups in total. The standard InChI is InChI=1S/C11H25S.CH4O4S/c1-5-8-9-11(6-2)10-12(4)7-3;1-5-6(2,3)4/h11H,5-10H2,1-4H3;1H3,(H,2,3,4)/q+1;/p-1. The minimum absolute atomic E-state index is 0.690. The van der Waals surface area contributed by atoms with E-state index in [4.69, 9.17) is 0 Å². The van der Waals surface area contributed by atoms with Crippen LogP contribution in [0.25, 0.3) is 0 Å². The molecule has 0 heterocycles. The van der Waals surface area contributed by atoms with Crippen LogP contribution in [-0.2, 0) is 25.5 Å². The van der Waals surface area contributed by atoms with Gasteiger partial charge >= 0.3 is 0 Å². The Labute approximate surface area is 116 Å². The molecule has 0 aromatic heterocycles. The predicted molar refractivity (Wildman–Crippen MR) is 78.7 cm³/mol. The highest BCUT2D eigenvalue weighted by Gasteiger charge is 2.15. The molecule has 0 spiro atoms. The van der Waals surface area contributed by atoms with Crippen molar-refractivity contribution in [2.24, 2.45) is 5.92 Å². The molecule has 2 atom stereocenters. The third-order valence-corrected chi connectivity index (χ3v) is 5.19. The van der Waals surface area contributed by atoms with Crippen LogP contribution in [0.4, 0.5) is 0 Å². The summed E-state index contributed by atoms with van der Waals surface area (Å²) in [5, 5.41) is 0. The SMILES string of the molecule is CCCCC(CC)C[S+](C)CC.COS(=O)(=O)[O-]. The van der Waals surface area contributed by atoms with E-state index >= 15 is 0 Å². The van der Waals surface area contributed by atoms with E-state index in [1.807, 2.05) is 0 Å². The molecule has 0 aromatic carbocycles. The Morgan fingerprint density at radius 1 is 1.28 bits per heavy atom. The molecule has 0 fully saturated rings. The summed E-state index contributed by atoms with van der Waals surface area (Å²) in [5.74, 6) is 3.87. The van der Waals surface area contributed by atoms with Crippen LogP contribution in [0.5, 0.6) is 0 Å². The highest BCUT2D eigenvalue weighted by Crippen LogP contribution is 2.15. The number of rotatable bonds is 8. The zero-order chi connectivity index (χ0) is 14.6. The fraction of sp³-hybridized carbons (Fsp3) is 1.00. The average Bonchev–Trinajstić information content (AvgIpc) is 2.33. The maximum absolute atomic E-state index is 9.22. The van der Waals surface area contributed by atoms with Crippen LogP contribution in [0, 0.1) is 5.92 Å². The summed E-state index contributed by atoms with van der Waals surface area (Å²) in [6, 6.07) is 0. The average molecular weight is 300 g/mol. The van der Waals surface area contributed by atoms with Crippen molar-refractivity contribution in [3.8, 4) is 0 Å². The van der Waals surface area contributed by atoms with Crippen molar-refractivity contribution in [2.75, 3.05) is 24.9 Å². The number of hydrogen-bond acceptors (Lipinski definition) is 4. The molecule has 0 rings (SSSR count). The van der Waals surface area contributed by atoms with Crippen molar-refractivity contribution in [3.63, 3.8) is 0 Å². The Hall–Kier alpha value is 0.220. The molecule has 0 aromatic rings. The summed E-state index contributed by atoms with van der Waals surface area (Å²) < 4.78 is 31.0. The summed E-state index contributed by atoms with van der Waals surface area (Å²) >= 11 is 0. The van der Waals surface area contributed by atoms with E-state index in [0.717, 1.165) is 13.0 Å². The minimum atomic E-state index is -4.41. The van der Waals surface area contributed by atoms with Gasteiger partial charge in [0.2, 0.25) is 10.4 Å². The lowest BCUT2D eigenvalue weighted by Crippen LogP contribution is -2.16. The zero-order valence-electron chi connectivity index (χ0n) is 12.3. The molecular weight excluding hydrogens is 272 g/mol. The van der Waals surface area contributed by atoms with Crippen molar-refractivity contribution >= 4 is 21.3 Å². The molecule has 0 aliphatic rings. The summed E-state index contributed by atoms with van der Waals surface area (Å²) in [6.07, 6.45) is 8.05. The first-order valence-electron chi connectivity index (χ1n) is 6.41. The van der Waals surface area contributed by atoms with Crippen LogP contribution in [-0.4, -0.2) is 37.8 Å². The van der Waals surface area contributed by atoms with E-state index in [-0.39, 0.29) is 0 Å². The second-order valence-corrected chi connectivity index (χ2v) is 7.85. The lowest BCUT2D eigenvalue weighted by molar-refractivity contribution is 0.314.